The Bertz CT molecular complexity index is 1110. The minimum atomic E-state index is -0.788. The summed E-state index contributed by atoms with van der Waals surface area (Å²) in [4.78, 5) is 25.5. The Morgan fingerprint density at radius 2 is 1.61 bits per heavy atom. The molecule has 1 aromatic heterocycles. The molecule has 1 heterocycles. The number of rotatable bonds is 5. The van der Waals surface area contributed by atoms with Gasteiger partial charge in [-0.2, -0.15) is 0 Å². The van der Waals surface area contributed by atoms with Crippen LogP contribution in [0, 0.1) is 18.6 Å². The van der Waals surface area contributed by atoms with Gasteiger partial charge in [0.25, 0.3) is 0 Å². The van der Waals surface area contributed by atoms with E-state index in [9.17, 15) is 18.4 Å². The second kappa shape index (κ2) is 7.94. The Hall–Kier alpha value is -3.00. The molecule has 2 radical (unpaired) electrons. The summed E-state index contributed by atoms with van der Waals surface area (Å²) >= 11 is 0. The fourth-order valence-corrected chi connectivity index (χ4v) is 3.01. The van der Waals surface area contributed by atoms with Crippen molar-refractivity contribution in [2.75, 3.05) is 0 Å². The van der Waals surface area contributed by atoms with Crippen LogP contribution in [0.1, 0.15) is 22.9 Å². The largest absolute Gasteiger partial charge is 0.331 e. The number of nitrogens with two attached hydrogens (primary N) is 1. The highest BCUT2D eigenvalue weighted by Gasteiger charge is 2.18. The first-order chi connectivity index (χ1) is 13.3. The predicted octanol–water partition coefficient (Wildman–Crippen LogP) is 1.14. The van der Waals surface area contributed by atoms with Gasteiger partial charge in [0.1, 0.15) is 19.5 Å². The molecule has 28 heavy (non-hydrogen) atoms. The van der Waals surface area contributed by atoms with Crippen LogP contribution in [0.3, 0.4) is 0 Å². The minimum Gasteiger partial charge on any atom is -0.322 e. The fourth-order valence-electron chi connectivity index (χ4n) is 3.01. The van der Waals surface area contributed by atoms with E-state index < -0.39 is 35.5 Å². The molecular formula is C20H18BF2N3O2. The summed E-state index contributed by atoms with van der Waals surface area (Å²) in [6.07, 6.45) is 0. The van der Waals surface area contributed by atoms with E-state index in [1.165, 1.54) is 13.0 Å². The Morgan fingerprint density at radius 3 is 2.21 bits per heavy atom. The van der Waals surface area contributed by atoms with Crippen molar-refractivity contribution in [1.82, 2.24) is 9.13 Å². The molecule has 0 saturated carbocycles. The molecule has 0 aliphatic rings. The van der Waals surface area contributed by atoms with Crippen molar-refractivity contribution >= 4 is 13.3 Å². The molecule has 0 unspecified atom stereocenters. The topological polar surface area (TPSA) is 70.0 Å². The summed E-state index contributed by atoms with van der Waals surface area (Å²) in [6.45, 7) is 0.943. The molecule has 142 valence electrons. The van der Waals surface area contributed by atoms with Crippen molar-refractivity contribution in [3.05, 3.63) is 97.8 Å². The third-order valence-corrected chi connectivity index (χ3v) is 4.72. The predicted molar refractivity (Wildman–Crippen MR) is 104 cm³/mol. The molecule has 3 aromatic rings. The zero-order valence-corrected chi connectivity index (χ0v) is 15.2. The van der Waals surface area contributed by atoms with Crippen LogP contribution in [0.25, 0.3) is 0 Å². The van der Waals surface area contributed by atoms with Crippen LogP contribution in [0.5, 0.6) is 0 Å². The average Bonchev–Trinajstić information content (AvgIpc) is 2.69. The van der Waals surface area contributed by atoms with Crippen LogP contribution < -0.4 is 22.4 Å². The highest BCUT2D eigenvalue weighted by molar-refractivity contribution is 6.32. The average molecular weight is 381 g/mol. The maximum atomic E-state index is 14.0. The maximum Gasteiger partial charge on any atom is 0.331 e. The molecule has 0 aliphatic carbocycles. The third-order valence-electron chi connectivity index (χ3n) is 4.72. The molecule has 0 amide bonds. The number of nitrogens with zero attached hydrogens (tertiary/aromatic N) is 2. The lowest BCUT2D eigenvalue weighted by Gasteiger charge is -2.19. The zero-order valence-electron chi connectivity index (χ0n) is 15.2. The Morgan fingerprint density at radius 1 is 1.00 bits per heavy atom. The number of halogens is 2. The monoisotopic (exact) mass is 381 g/mol. The highest BCUT2D eigenvalue weighted by Crippen LogP contribution is 2.14. The van der Waals surface area contributed by atoms with Crippen molar-refractivity contribution in [3.63, 3.8) is 0 Å². The summed E-state index contributed by atoms with van der Waals surface area (Å²) in [6, 6.07) is 11.8. The Balaban J connectivity index is 2.08. The van der Waals surface area contributed by atoms with Crippen LogP contribution in [-0.4, -0.2) is 17.0 Å². The lowest BCUT2D eigenvalue weighted by atomic mass is 9.95. The summed E-state index contributed by atoms with van der Waals surface area (Å²) in [5.74, 6) is -1.58. The number of aromatic nitrogens is 2. The molecule has 0 fully saturated rings. The number of benzene rings is 2. The van der Waals surface area contributed by atoms with E-state index >= 15 is 0 Å². The molecule has 0 bridgehead atoms. The van der Waals surface area contributed by atoms with E-state index in [0.717, 1.165) is 26.8 Å². The molecule has 1 atom stereocenters. The van der Waals surface area contributed by atoms with E-state index in [0.29, 0.717) is 0 Å². The van der Waals surface area contributed by atoms with Gasteiger partial charge in [-0.15, -0.1) is 0 Å². The molecule has 0 aliphatic heterocycles. The zero-order chi connectivity index (χ0) is 20.4. The minimum absolute atomic E-state index is 0.119. The molecular weight excluding hydrogens is 363 g/mol. The van der Waals surface area contributed by atoms with Gasteiger partial charge in [-0.3, -0.25) is 13.9 Å². The Kier molecular flexibility index (Phi) is 5.60. The summed E-state index contributed by atoms with van der Waals surface area (Å²) in [5.41, 5.74) is 5.14. The molecule has 0 saturated heterocycles. The first-order valence-electron chi connectivity index (χ1n) is 8.64. The lowest BCUT2D eigenvalue weighted by molar-refractivity contribution is 0.495. The van der Waals surface area contributed by atoms with Crippen LogP contribution in [0.15, 0.2) is 58.1 Å². The van der Waals surface area contributed by atoms with Crippen molar-refractivity contribution < 1.29 is 8.78 Å². The van der Waals surface area contributed by atoms with Crippen LogP contribution in [-0.2, 0) is 13.1 Å². The second-order valence-electron chi connectivity index (χ2n) is 6.50. The van der Waals surface area contributed by atoms with Crippen molar-refractivity contribution in [2.45, 2.75) is 26.1 Å². The van der Waals surface area contributed by atoms with E-state index in [1.54, 1.807) is 24.3 Å². The molecule has 3 rings (SSSR count). The molecule has 2 aromatic carbocycles. The van der Waals surface area contributed by atoms with Crippen LogP contribution in [0.2, 0.25) is 0 Å². The normalized spacial score (nSPS) is 12.1. The van der Waals surface area contributed by atoms with Gasteiger partial charge in [0.15, 0.2) is 0 Å². The maximum absolute atomic E-state index is 14.0. The summed E-state index contributed by atoms with van der Waals surface area (Å²) in [7, 11) is 5.88. The molecule has 0 spiro atoms. The van der Waals surface area contributed by atoms with E-state index in [-0.39, 0.29) is 23.3 Å². The first kappa shape index (κ1) is 19.8. The number of hydrogen-bond acceptors (Lipinski definition) is 3. The van der Waals surface area contributed by atoms with Gasteiger partial charge in [0.2, 0.25) is 5.56 Å². The van der Waals surface area contributed by atoms with Gasteiger partial charge in [-0.05, 0) is 30.1 Å². The van der Waals surface area contributed by atoms with E-state index in [2.05, 4.69) is 0 Å². The van der Waals surface area contributed by atoms with Gasteiger partial charge in [0, 0.05) is 17.3 Å². The van der Waals surface area contributed by atoms with Crippen LogP contribution >= 0.6 is 0 Å². The Labute approximate surface area is 161 Å². The van der Waals surface area contributed by atoms with Gasteiger partial charge in [-0.1, -0.05) is 36.4 Å². The standard InChI is InChI=1S/C20H18BF2N3O2/c1-12-18(21)19(27)26(11-17(24)13-6-3-2-4-7-13)20(28)25(12)10-14-15(22)8-5-9-16(14)23/h2-9,17H,10-11,24H2,1H3/t17-/m0/s1. The van der Waals surface area contributed by atoms with E-state index in [4.69, 9.17) is 13.6 Å². The van der Waals surface area contributed by atoms with Crippen LogP contribution in [0.4, 0.5) is 8.78 Å². The van der Waals surface area contributed by atoms with Gasteiger partial charge < -0.3 is 5.73 Å². The van der Waals surface area contributed by atoms with Gasteiger partial charge in [0.05, 0.1) is 13.1 Å². The quantitative estimate of drug-likeness (QED) is 0.674. The lowest BCUT2D eigenvalue weighted by Crippen LogP contribution is -2.51. The van der Waals surface area contributed by atoms with E-state index in [1.807, 2.05) is 6.07 Å². The first-order valence-corrected chi connectivity index (χ1v) is 8.64. The molecule has 2 N–H and O–H groups in total. The fraction of sp³-hybridized carbons (Fsp3) is 0.200. The third kappa shape index (κ3) is 3.68. The van der Waals surface area contributed by atoms with Crippen molar-refractivity contribution in [1.29, 1.82) is 0 Å². The summed E-state index contributed by atoms with van der Waals surface area (Å²) in [5, 5.41) is 0. The molecule has 5 nitrogen and oxygen atoms in total. The SMILES string of the molecule is [B]c1c(C)n(Cc2c(F)cccc2F)c(=O)n(C[C@H](N)c2ccccc2)c1=O. The number of hydrogen-bond donors (Lipinski definition) is 1. The van der Waals surface area contributed by atoms with Crippen molar-refractivity contribution in [3.8, 4) is 0 Å². The highest BCUT2D eigenvalue weighted by atomic mass is 19.1. The van der Waals surface area contributed by atoms with Gasteiger partial charge >= 0.3 is 5.69 Å². The van der Waals surface area contributed by atoms with Gasteiger partial charge in [-0.25, -0.2) is 13.6 Å². The van der Waals surface area contributed by atoms with Crippen molar-refractivity contribution in [2.24, 2.45) is 5.73 Å². The molecule has 8 heteroatoms. The smallest absolute Gasteiger partial charge is 0.322 e. The second-order valence-corrected chi connectivity index (χ2v) is 6.50. The summed E-state index contributed by atoms with van der Waals surface area (Å²) < 4.78 is 30.1.